The van der Waals surface area contributed by atoms with Gasteiger partial charge in [-0.25, -0.2) is 0 Å². The summed E-state index contributed by atoms with van der Waals surface area (Å²) in [6, 6.07) is 25.2. The number of allylic oxidation sites excluding steroid dienone is 1. The first kappa shape index (κ1) is 22.8. The van der Waals surface area contributed by atoms with E-state index in [1.54, 1.807) is 6.08 Å². The topological polar surface area (TPSA) is 20.3 Å². The van der Waals surface area contributed by atoms with Gasteiger partial charge in [0.2, 0.25) is 5.91 Å². The van der Waals surface area contributed by atoms with Crippen molar-refractivity contribution >= 4 is 11.6 Å². The van der Waals surface area contributed by atoms with E-state index in [2.05, 4.69) is 76.4 Å². The van der Waals surface area contributed by atoms with Crippen LogP contribution < -0.4 is 4.90 Å². The van der Waals surface area contributed by atoms with Crippen LogP contribution in [0.5, 0.6) is 0 Å². The van der Waals surface area contributed by atoms with Crippen LogP contribution in [0, 0.1) is 0 Å². The van der Waals surface area contributed by atoms with Crippen molar-refractivity contribution in [2.24, 2.45) is 0 Å². The van der Waals surface area contributed by atoms with Gasteiger partial charge in [-0.05, 0) is 46.6 Å². The second-order valence-electron chi connectivity index (χ2n) is 9.79. The highest BCUT2D eigenvalue weighted by Crippen LogP contribution is 2.51. The largest absolute Gasteiger partial charge is 0.307 e. The molecule has 0 spiro atoms. The van der Waals surface area contributed by atoms with Crippen molar-refractivity contribution in [3.8, 4) is 0 Å². The van der Waals surface area contributed by atoms with Gasteiger partial charge < -0.3 is 4.90 Å². The maximum atomic E-state index is 14.5. The van der Waals surface area contributed by atoms with Gasteiger partial charge in [-0.15, -0.1) is 13.2 Å². The van der Waals surface area contributed by atoms with E-state index in [9.17, 15) is 4.79 Å². The number of rotatable bonds is 7. The molecule has 2 heteroatoms. The Kier molecular flexibility index (Phi) is 6.12. The molecule has 3 aromatic rings. The molecular formula is C31H35NO. The van der Waals surface area contributed by atoms with Crippen LogP contribution in [0.4, 0.5) is 5.69 Å². The fraction of sp³-hybridized carbons (Fsp3) is 0.258. The number of nitrogens with zero attached hydrogens (tertiary/aromatic N) is 1. The fourth-order valence-corrected chi connectivity index (χ4v) is 5.01. The summed E-state index contributed by atoms with van der Waals surface area (Å²) in [5, 5.41) is 0. The van der Waals surface area contributed by atoms with Gasteiger partial charge >= 0.3 is 0 Å². The van der Waals surface area contributed by atoms with E-state index in [1.807, 2.05) is 41.3 Å². The van der Waals surface area contributed by atoms with E-state index >= 15 is 0 Å². The summed E-state index contributed by atoms with van der Waals surface area (Å²) < 4.78 is 0. The van der Waals surface area contributed by atoms with E-state index in [0.29, 0.717) is 6.54 Å². The normalized spacial score (nSPS) is 17.7. The molecule has 1 aliphatic rings. The minimum Gasteiger partial charge on any atom is -0.307 e. The van der Waals surface area contributed by atoms with Crippen molar-refractivity contribution in [1.82, 2.24) is 0 Å². The van der Waals surface area contributed by atoms with Gasteiger partial charge in [0.05, 0.1) is 0 Å². The zero-order chi connectivity index (χ0) is 23.6. The maximum Gasteiger partial charge on any atom is 0.247 e. The third-order valence-corrected chi connectivity index (χ3v) is 6.68. The standard InChI is InChI=1S/C31H33NO.H2/c1-6-8-14-23-19-20-25(30(3,4)5)22-27(23)31(24-15-10-9-11-16-24)26-17-12-13-18-28(26)32(21-7-2)29(31)33;/h6-7,9-13,15-20,22H,1-2,8,14,21H2,3-5H3;1H/i;1+1. The Morgan fingerprint density at radius 3 is 2.27 bits per heavy atom. The van der Waals surface area contributed by atoms with E-state index < -0.39 is 5.41 Å². The van der Waals surface area contributed by atoms with Crippen molar-refractivity contribution < 1.29 is 6.22 Å². The number of anilines is 1. The molecule has 1 heterocycles. The Hall–Kier alpha value is -3.39. The van der Waals surface area contributed by atoms with Gasteiger partial charge in [-0.1, -0.05) is 99.7 Å². The molecule has 0 saturated heterocycles. The number of aryl methyl sites for hydroxylation is 1. The molecule has 3 aromatic carbocycles. The van der Waals surface area contributed by atoms with Crippen molar-refractivity contribution in [2.45, 2.75) is 44.4 Å². The molecule has 1 aliphatic heterocycles. The maximum absolute atomic E-state index is 14.5. The Morgan fingerprint density at radius 2 is 1.61 bits per heavy atom. The van der Waals surface area contributed by atoms with Crippen LogP contribution >= 0.6 is 0 Å². The number of hydrogen-bond donors (Lipinski definition) is 0. The molecule has 0 N–H and O–H groups in total. The minimum absolute atomic E-state index is 0. The average Bonchev–Trinajstić information content (AvgIpc) is 3.06. The van der Waals surface area contributed by atoms with Crippen LogP contribution in [0.15, 0.2) is 98.1 Å². The zero-order valence-electron chi connectivity index (χ0n) is 20.0. The fourth-order valence-electron chi connectivity index (χ4n) is 5.01. The summed E-state index contributed by atoms with van der Waals surface area (Å²) in [6.07, 6.45) is 5.46. The van der Waals surface area contributed by atoms with E-state index in [-0.39, 0.29) is 12.7 Å². The summed E-state index contributed by atoms with van der Waals surface area (Å²) in [6.45, 7) is 15.0. The number of carbonyl (C=O) groups excluding carboxylic acids is 1. The van der Waals surface area contributed by atoms with Crippen molar-refractivity contribution in [2.75, 3.05) is 11.4 Å². The lowest BCUT2D eigenvalue weighted by atomic mass is 9.67. The third-order valence-electron chi connectivity index (χ3n) is 6.68. The highest BCUT2D eigenvalue weighted by Gasteiger charge is 2.53. The summed E-state index contributed by atoms with van der Waals surface area (Å²) in [5.41, 5.74) is 5.55. The molecule has 1 amide bonds. The minimum atomic E-state index is -0.904. The van der Waals surface area contributed by atoms with Crippen LogP contribution in [-0.4, -0.2) is 12.5 Å². The first-order chi connectivity index (χ1) is 15.9. The van der Waals surface area contributed by atoms with Gasteiger partial charge in [0.1, 0.15) is 5.41 Å². The van der Waals surface area contributed by atoms with E-state index in [1.165, 1.54) is 11.1 Å². The summed E-state index contributed by atoms with van der Waals surface area (Å²) in [5.74, 6) is 0.0840. The molecular weight excluding hydrogens is 402 g/mol. The number of benzene rings is 3. The molecule has 2 nitrogen and oxygen atoms in total. The predicted molar refractivity (Wildman–Crippen MR) is 141 cm³/mol. The highest BCUT2D eigenvalue weighted by molar-refractivity contribution is 6.13. The van der Waals surface area contributed by atoms with Crippen molar-refractivity contribution in [3.05, 3.63) is 126 Å². The summed E-state index contributed by atoms with van der Waals surface area (Å²) in [4.78, 5) is 16.4. The predicted octanol–water partition coefficient (Wildman–Crippen LogP) is 7.22. The van der Waals surface area contributed by atoms with E-state index in [0.717, 1.165) is 35.2 Å². The van der Waals surface area contributed by atoms with Crippen molar-refractivity contribution in [1.29, 1.82) is 0 Å². The van der Waals surface area contributed by atoms with Crippen LogP contribution in [0.2, 0.25) is 0 Å². The third kappa shape index (κ3) is 3.74. The van der Waals surface area contributed by atoms with Gasteiger partial charge in [-0.2, -0.15) is 0 Å². The lowest BCUT2D eigenvalue weighted by Gasteiger charge is -2.34. The highest BCUT2D eigenvalue weighted by atomic mass is 16.2. The molecule has 1 atom stereocenters. The number of amides is 1. The second kappa shape index (κ2) is 8.86. The number of hydrogen-bond acceptors (Lipinski definition) is 1. The van der Waals surface area contributed by atoms with Crippen LogP contribution in [-0.2, 0) is 22.0 Å². The quantitative estimate of drug-likeness (QED) is 0.357. The lowest BCUT2D eigenvalue weighted by molar-refractivity contribution is -0.120. The Morgan fingerprint density at radius 1 is 0.909 bits per heavy atom. The zero-order valence-corrected chi connectivity index (χ0v) is 20.0. The molecule has 0 radical (unpaired) electrons. The monoisotopic (exact) mass is 438 g/mol. The van der Waals surface area contributed by atoms with Crippen LogP contribution in [0.1, 0.15) is 56.4 Å². The Labute approximate surface area is 199 Å². The molecule has 1 unspecified atom stereocenters. The Balaban J connectivity index is 0.00000324. The number of fused-ring (bicyclic) bond motifs is 1. The lowest BCUT2D eigenvalue weighted by Crippen LogP contribution is -2.43. The molecule has 33 heavy (non-hydrogen) atoms. The van der Waals surface area contributed by atoms with Gasteiger partial charge in [-0.3, -0.25) is 4.79 Å². The average molecular weight is 439 g/mol. The molecule has 0 saturated carbocycles. The van der Waals surface area contributed by atoms with E-state index in [4.69, 9.17) is 0 Å². The van der Waals surface area contributed by atoms with Crippen LogP contribution in [0.25, 0.3) is 0 Å². The van der Waals surface area contributed by atoms with Crippen LogP contribution in [0.3, 0.4) is 0 Å². The molecule has 0 bridgehead atoms. The smallest absolute Gasteiger partial charge is 0.247 e. The summed E-state index contributed by atoms with van der Waals surface area (Å²) >= 11 is 0. The first-order valence-electron chi connectivity index (χ1n) is 11.7. The molecule has 0 aromatic heterocycles. The Bertz CT molecular complexity index is 1190. The van der Waals surface area contributed by atoms with Gasteiger partial charge in [0.25, 0.3) is 0 Å². The molecule has 0 aliphatic carbocycles. The number of carbonyl (C=O) groups is 1. The number of para-hydroxylation sites is 1. The first-order valence-corrected chi connectivity index (χ1v) is 11.7. The SMILES string of the molecule is C=CCCc1ccc(C(C)(C)C)cc1C1(c2ccccc2)C(=O)N(CC=C)c2ccccc21.[2HH]. The molecule has 170 valence electrons. The molecule has 4 rings (SSSR count). The molecule has 0 fully saturated rings. The van der Waals surface area contributed by atoms with Gasteiger partial charge in [0, 0.05) is 19.2 Å². The van der Waals surface area contributed by atoms with Crippen molar-refractivity contribution in [3.63, 3.8) is 0 Å². The van der Waals surface area contributed by atoms with Gasteiger partial charge in [0.15, 0.2) is 0 Å². The summed E-state index contributed by atoms with van der Waals surface area (Å²) in [7, 11) is 0. The second-order valence-corrected chi connectivity index (χ2v) is 9.79.